The summed E-state index contributed by atoms with van der Waals surface area (Å²) in [5.74, 6) is -0.966. The number of carbonyl (C=O) groups is 1. The number of benzene rings is 1. The zero-order chi connectivity index (χ0) is 15.6. The molecule has 6 heteroatoms. The summed E-state index contributed by atoms with van der Waals surface area (Å²) in [6, 6.07) is 4.28. The van der Waals surface area contributed by atoms with Crippen molar-refractivity contribution < 1.29 is 14.3 Å². The lowest BCUT2D eigenvalue weighted by Crippen LogP contribution is -2.50. The Hall–Kier alpha value is -0.980. The Labute approximate surface area is 132 Å². The first kappa shape index (κ1) is 16.4. The molecule has 0 radical (unpaired) electrons. The Balaban J connectivity index is 2.07. The van der Waals surface area contributed by atoms with Crippen LogP contribution in [0.25, 0.3) is 0 Å². The van der Waals surface area contributed by atoms with Gasteiger partial charge in [-0.05, 0) is 38.1 Å². The van der Waals surface area contributed by atoms with Crippen molar-refractivity contribution in [2.45, 2.75) is 18.4 Å². The van der Waals surface area contributed by atoms with Crippen molar-refractivity contribution in [1.82, 2.24) is 9.80 Å². The Morgan fingerprint density at radius 1 is 1.48 bits per heavy atom. The van der Waals surface area contributed by atoms with Crippen LogP contribution in [0.4, 0.5) is 4.39 Å². The maximum Gasteiger partial charge on any atom is 0.256 e. The molecule has 2 rings (SSSR count). The SMILES string of the molecule is CN1CCC(O)(CN(C)C(=O)c2cc(Br)ccc2F)CC1. The van der Waals surface area contributed by atoms with Crippen molar-refractivity contribution in [3.63, 3.8) is 0 Å². The largest absolute Gasteiger partial charge is 0.388 e. The fourth-order valence-electron chi connectivity index (χ4n) is 2.57. The van der Waals surface area contributed by atoms with E-state index >= 15 is 0 Å². The van der Waals surface area contributed by atoms with E-state index in [0.717, 1.165) is 13.1 Å². The zero-order valence-corrected chi connectivity index (χ0v) is 13.9. The van der Waals surface area contributed by atoms with Crippen LogP contribution in [0.15, 0.2) is 22.7 Å². The number of hydrogen-bond donors (Lipinski definition) is 1. The van der Waals surface area contributed by atoms with Gasteiger partial charge in [-0.2, -0.15) is 0 Å². The first-order valence-electron chi connectivity index (χ1n) is 6.92. The van der Waals surface area contributed by atoms with E-state index in [2.05, 4.69) is 20.8 Å². The average molecular weight is 359 g/mol. The third-order valence-corrected chi connectivity index (χ3v) is 4.45. The van der Waals surface area contributed by atoms with E-state index in [9.17, 15) is 14.3 Å². The molecule has 1 N–H and O–H groups in total. The van der Waals surface area contributed by atoms with Gasteiger partial charge in [-0.25, -0.2) is 4.39 Å². The number of carbonyl (C=O) groups excluding carboxylic acids is 1. The van der Waals surface area contributed by atoms with Crippen LogP contribution in [-0.4, -0.2) is 60.1 Å². The maximum absolute atomic E-state index is 13.8. The normalized spacial score (nSPS) is 18.5. The van der Waals surface area contributed by atoms with Crippen LogP contribution in [0.5, 0.6) is 0 Å². The number of aliphatic hydroxyl groups is 1. The van der Waals surface area contributed by atoms with Crippen molar-refractivity contribution in [2.24, 2.45) is 0 Å². The Morgan fingerprint density at radius 2 is 2.10 bits per heavy atom. The lowest BCUT2D eigenvalue weighted by atomic mass is 9.91. The molecule has 1 saturated heterocycles. The molecule has 0 saturated carbocycles. The smallest absolute Gasteiger partial charge is 0.256 e. The predicted molar refractivity (Wildman–Crippen MR) is 82.7 cm³/mol. The van der Waals surface area contributed by atoms with Crippen molar-refractivity contribution in [2.75, 3.05) is 33.7 Å². The molecule has 116 valence electrons. The summed E-state index contributed by atoms with van der Waals surface area (Å²) >= 11 is 3.24. The summed E-state index contributed by atoms with van der Waals surface area (Å²) in [4.78, 5) is 15.9. The van der Waals surface area contributed by atoms with E-state index in [1.54, 1.807) is 13.1 Å². The maximum atomic E-state index is 13.8. The minimum atomic E-state index is -0.889. The molecule has 1 heterocycles. The van der Waals surface area contributed by atoms with Crippen LogP contribution >= 0.6 is 15.9 Å². The zero-order valence-electron chi connectivity index (χ0n) is 12.3. The van der Waals surface area contributed by atoms with E-state index in [4.69, 9.17) is 0 Å². The van der Waals surface area contributed by atoms with Gasteiger partial charge in [0.05, 0.1) is 11.2 Å². The number of piperidine rings is 1. The van der Waals surface area contributed by atoms with Gasteiger partial charge in [0.2, 0.25) is 0 Å². The van der Waals surface area contributed by atoms with Crippen LogP contribution in [0.1, 0.15) is 23.2 Å². The molecule has 0 unspecified atom stereocenters. The van der Waals surface area contributed by atoms with Crippen LogP contribution in [-0.2, 0) is 0 Å². The summed E-state index contributed by atoms with van der Waals surface area (Å²) in [7, 11) is 3.60. The Bertz CT molecular complexity index is 530. The van der Waals surface area contributed by atoms with Gasteiger partial charge < -0.3 is 14.9 Å². The summed E-state index contributed by atoms with van der Waals surface area (Å²) in [5.41, 5.74) is -0.872. The fourth-order valence-corrected chi connectivity index (χ4v) is 2.93. The number of likely N-dealkylation sites (tertiary alicyclic amines) is 1. The molecule has 0 atom stereocenters. The molecule has 1 aliphatic rings. The van der Waals surface area contributed by atoms with Gasteiger partial charge in [0.25, 0.3) is 5.91 Å². The highest BCUT2D eigenvalue weighted by Crippen LogP contribution is 2.24. The molecule has 0 aliphatic carbocycles. The minimum absolute atomic E-state index is 0.0170. The Morgan fingerprint density at radius 3 is 2.71 bits per heavy atom. The van der Waals surface area contributed by atoms with Crippen molar-refractivity contribution >= 4 is 21.8 Å². The van der Waals surface area contributed by atoms with Gasteiger partial charge in [0.1, 0.15) is 5.82 Å². The number of halogens is 2. The van der Waals surface area contributed by atoms with Crippen molar-refractivity contribution in [3.8, 4) is 0 Å². The first-order valence-corrected chi connectivity index (χ1v) is 7.71. The highest BCUT2D eigenvalue weighted by atomic mass is 79.9. The first-order chi connectivity index (χ1) is 9.81. The van der Waals surface area contributed by atoms with E-state index in [1.165, 1.54) is 17.0 Å². The molecule has 1 amide bonds. The molecular formula is C15H20BrFN2O2. The molecule has 1 aliphatic heterocycles. The minimum Gasteiger partial charge on any atom is -0.388 e. The van der Waals surface area contributed by atoms with Crippen LogP contribution in [0, 0.1) is 5.82 Å². The topological polar surface area (TPSA) is 43.8 Å². The summed E-state index contributed by atoms with van der Waals surface area (Å²) in [6.45, 7) is 1.80. The molecule has 21 heavy (non-hydrogen) atoms. The number of likely N-dealkylation sites (N-methyl/N-ethyl adjacent to an activating group) is 1. The average Bonchev–Trinajstić information content (AvgIpc) is 2.44. The molecule has 1 aromatic rings. The quantitative estimate of drug-likeness (QED) is 0.899. The molecule has 1 aromatic carbocycles. The van der Waals surface area contributed by atoms with E-state index in [1.807, 2.05) is 7.05 Å². The Kier molecular flexibility index (Phi) is 5.01. The second-order valence-corrected chi connectivity index (χ2v) is 6.73. The van der Waals surface area contributed by atoms with Gasteiger partial charge in [0.15, 0.2) is 0 Å². The number of hydrogen-bond acceptors (Lipinski definition) is 3. The van der Waals surface area contributed by atoms with Crippen LogP contribution in [0.2, 0.25) is 0 Å². The number of amides is 1. The molecule has 4 nitrogen and oxygen atoms in total. The van der Waals surface area contributed by atoms with Gasteiger partial charge >= 0.3 is 0 Å². The lowest BCUT2D eigenvalue weighted by Gasteiger charge is -2.38. The molecule has 0 spiro atoms. The second-order valence-electron chi connectivity index (χ2n) is 5.81. The van der Waals surface area contributed by atoms with Crippen molar-refractivity contribution in [3.05, 3.63) is 34.1 Å². The third-order valence-electron chi connectivity index (χ3n) is 3.95. The predicted octanol–water partition coefficient (Wildman–Crippen LogP) is 2.12. The standard InChI is InChI=1S/C15H20BrFN2O2/c1-18-7-5-15(21,6-8-18)10-19(2)14(20)12-9-11(16)3-4-13(12)17/h3-4,9,21H,5-8,10H2,1-2H3. The number of rotatable bonds is 3. The molecule has 0 bridgehead atoms. The fraction of sp³-hybridized carbons (Fsp3) is 0.533. The second kappa shape index (κ2) is 6.42. The monoisotopic (exact) mass is 358 g/mol. The third kappa shape index (κ3) is 4.02. The van der Waals surface area contributed by atoms with Gasteiger partial charge in [-0.15, -0.1) is 0 Å². The van der Waals surface area contributed by atoms with Crippen molar-refractivity contribution in [1.29, 1.82) is 0 Å². The van der Waals surface area contributed by atoms with E-state index in [0.29, 0.717) is 17.3 Å². The van der Waals surface area contributed by atoms with Gasteiger partial charge in [-0.1, -0.05) is 15.9 Å². The summed E-state index contributed by atoms with van der Waals surface area (Å²) in [5, 5.41) is 10.6. The molecular weight excluding hydrogens is 339 g/mol. The van der Waals surface area contributed by atoms with Gasteiger partial charge in [-0.3, -0.25) is 4.79 Å². The highest BCUT2D eigenvalue weighted by Gasteiger charge is 2.34. The van der Waals surface area contributed by atoms with E-state index in [-0.39, 0.29) is 12.1 Å². The lowest BCUT2D eigenvalue weighted by molar-refractivity contribution is -0.0330. The summed E-state index contributed by atoms with van der Waals surface area (Å²) in [6.07, 6.45) is 1.23. The van der Waals surface area contributed by atoms with Crippen LogP contribution in [0.3, 0.4) is 0 Å². The van der Waals surface area contributed by atoms with Gasteiger partial charge in [0, 0.05) is 31.2 Å². The number of nitrogens with zero attached hydrogens (tertiary/aromatic N) is 2. The molecule has 0 aromatic heterocycles. The highest BCUT2D eigenvalue weighted by molar-refractivity contribution is 9.10. The summed E-state index contributed by atoms with van der Waals surface area (Å²) < 4.78 is 14.4. The van der Waals surface area contributed by atoms with Crippen LogP contribution < -0.4 is 0 Å². The van der Waals surface area contributed by atoms with E-state index < -0.39 is 17.3 Å². The molecule has 1 fully saturated rings.